The zero-order valence-corrected chi connectivity index (χ0v) is 25.8. The van der Waals surface area contributed by atoms with Crippen LogP contribution in [-0.4, -0.2) is 68.3 Å². The van der Waals surface area contributed by atoms with Crippen molar-refractivity contribution in [2.24, 2.45) is 5.92 Å². The number of nitrogens with zero attached hydrogens (tertiary/aromatic N) is 2. The highest BCUT2D eigenvalue weighted by molar-refractivity contribution is 7.90. The predicted octanol–water partition coefficient (Wildman–Crippen LogP) is 4.63. The van der Waals surface area contributed by atoms with Crippen LogP contribution in [0.15, 0.2) is 59.6 Å². The number of aliphatic hydroxyl groups is 1. The van der Waals surface area contributed by atoms with Crippen LogP contribution in [0.2, 0.25) is 0 Å². The van der Waals surface area contributed by atoms with Crippen molar-refractivity contribution in [1.29, 1.82) is 0 Å². The molecule has 1 saturated carbocycles. The van der Waals surface area contributed by atoms with E-state index in [9.17, 15) is 13.2 Å². The van der Waals surface area contributed by atoms with Gasteiger partial charge >= 0.3 is 0 Å². The summed E-state index contributed by atoms with van der Waals surface area (Å²) in [5.41, 5.74) is -0.303. The monoisotopic (exact) mass is 645 g/mol. The van der Waals surface area contributed by atoms with Gasteiger partial charge in [0.25, 0.3) is 15.9 Å². The number of halogens is 2. The molecule has 1 amide bonds. The molecule has 2 fully saturated rings. The minimum Gasteiger partial charge on any atom is -0.492 e. The Bertz CT molecular complexity index is 1560. The van der Waals surface area contributed by atoms with E-state index in [4.69, 9.17) is 19.3 Å². The number of aliphatic hydroxyl groups excluding tert-OH is 1. The highest BCUT2D eigenvalue weighted by Gasteiger charge is 2.27. The molecule has 2 aromatic carbocycles. The van der Waals surface area contributed by atoms with Gasteiger partial charge in [0.05, 0.1) is 35.6 Å². The number of carbonyl (C=O) groups is 1. The number of piperidine rings is 1. The maximum atomic E-state index is 15.0. The van der Waals surface area contributed by atoms with E-state index in [0.29, 0.717) is 42.7 Å². The van der Waals surface area contributed by atoms with Crippen LogP contribution >= 0.6 is 0 Å². The highest BCUT2D eigenvalue weighted by atomic mass is 32.2. The van der Waals surface area contributed by atoms with E-state index >= 15 is 8.78 Å². The number of amides is 1. The van der Waals surface area contributed by atoms with Gasteiger partial charge in [0.2, 0.25) is 5.82 Å². The number of aromatic nitrogens is 1. The number of benzene rings is 2. The second-order valence-electron chi connectivity index (χ2n) is 11.2. The van der Waals surface area contributed by atoms with Crippen LogP contribution in [-0.2, 0) is 10.0 Å². The van der Waals surface area contributed by atoms with Gasteiger partial charge in [0, 0.05) is 19.6 Å². The topological polar surface area (TPSA) is 127 Å². The summed E-state index contributed by atoms with van der Waals surface area (Å²) in [7, 11) is -4.40. The number of hydrogen-bond acceptors (Lipinski definition) is 9. The maximum Gasteiger partial charge on any atom is 0.268 e. The van der Waals surface area contributed by atoms with E-state index in [1.807, 2.05) is 0 Å². The first kappa shape index (κ1) is 32.6. The molecule has 10 nitrogen and oxygen atoms in total. The van der Waals surface area contributed by atoms with Crippen molar-refractivity contribution in [2.75, 3.05) is 32.8 Å². The lowest BCUT2D eigenvalue weighted by Crippen LogP contribution is -2.39. The van der Waals surface area contributed by atoms with E-state index < -0.39 is 45.0 Å². The molecule has 2 aliphatic rings. The average molecular weight is 646 g/mol. The molecule has 1 atom stereocenters. The van der Waals surface area contributed by atoms with Gasteiger partial charge in [-0.1, -0.05) is 6.92 Å². The van der Waals surface area contributed by atoms with Gasteiger partial charge in [-0.05, 0) is 86.6 Å². The molecule has 1 aromatic heterocycles. The number of ether oxygens (including phenoxy) is 3. The summed E-state index contributed by atoms with van der Waals surface area (Å²) in [4.78, 5) is 19.0. The minimum absolute atomic E-state index is 0.0486. The van der Waals surface area contributed by atoms with E-state index in [-0.39, 0.29) is 17.6 Å². The number of hydrogen-bond donors (Lipinski definition) is 2. The Balaban J connectivity index is 1.19. The number of carbonyl (C=O) groups excluding carboxylic acids is 1. The molecule has 3 aromatic rings. The predicted molar refractivity (Wildman–Crippen MR) is 161 cm³/mol. The van der Waals surface area contributed by atoms with Crippen molar-refractivity contribution in [1.82, 2.24) is 14.6 Å². The molecule has 242 valence electrons. The number of β-amino-alcohol motifs (C(OH)–C–C–N with tert-alkyl or cyclic N) is 1. The summed E-state index contributed by atoms with van der Waals surface area (Å²) < 4.78 is 74.9. The van der Waals surface area contributed by atoms with Crippen molar-refractivity contribution in [3.63, 3.8) is 0 Å². The lowest BCUT2D eigenvalue weighted by Gasteiger charge is -2.31. The molecule has 0 bridgehead atoms. The molecular formula is C32H37F2N3O7S. The fourth-order valence-electron chi connectivity index (χ4n) is 4.99. The standard InChI is InChI=1S/C32H37F2N3O7S/c1-2-28(27-11-7-24(19-35-27)42-20-21-3-4-21)44-29-12-10-26(30(33)31(29)34)32(39)36-45(40,41)25-8-5-22(6-9-25)43-23-13-15-37(16-14-23)17-18-38/h5-12,19,21,23,28,38H,2-4,13-18,20H2,1H3,(H,36,39)/t28-/m1/s1. The van der Waals surface area contributed by atoms with Crippen LogP contribution in [0.1, 0.15) is 61.2 Å². The molecule has 1 aliphatic carbocycles. The first-order valence-corrected chi connectivity index (χ1v) is 16.6. The summed E-state index contributed by atoms with van der Waals surface area (Å²) in [6, 6.07) is 11.0. The van der Waals surface area contributed by atoms with E-state index in [2.05, 4.69) is 9.88 Å². The minimum atomic E-state index is -4.40. The third-order valence-electron chi connectivity index (χ3n) is 7.82. The van der Waals surface area contributed by atoms with Crippen LogP contribution in [0.4, 0.5) is 8.78 Å². The Hall–Kier alpha value is -3.81. The van der Waals surface area contributed by atoms with Crippen LogP contribution in [0.5, 0.6) is 17.2 Å². The van der Waals surface area contributed by atoms with Gasteiger partial charge < -0.3 is 24.2 Å². The summed E-state index contributed by atoms with van der Waals surface area (Å²) in [6.07, 6.45) is 5.04. The average Bonchev–Trinajstić information content (AvgIpc) is 3.87. The van der Waals surface area contributed by atoms with Crippen molar-refractivity contribution in [3.05, 3.63) is 77.6 Å². The SMILES string of the molecule is CC[C@@H](Oc1ccc(C(=O)NS(=O)(=O)c2ccc(OC3CCN(CCO)CC3)cc2)c(F)c1F)c1ccc(OCC2CC2)cn1. The first-order chi connectivity index (χ1) is 21.7. The number of rotatable bonds is 14. The Morgan fingerprint density at radius 1 is 1.02 bits per heavy atom. The lowest BCUT2D eigenvalue weighted by molar-refractivity contribution is 0.0888. The molecule has 2 heterocycles. The quantitative estimate of drug-likeness (QED) is 0.258. The second-order valence-corrected chi connectivity index (χ2v) is 12.9. The Morgan fingerprint density at radius 2 is 1.73 bits per heavy atom. The van der Waals surface area contributed by atoms with Gasteiger partial charge in [0.1, 0.15) is 23.7 Å². The lowest BCUT2D eigenvalue weighted by atomic mass is 10.1. The van der Waals surface area contributed by atoms with Gasteiger partial charge in [-0.25, -0.2) is 17.5 Å². The molecule has 45 heavy (non-hydrogen) atoms. The fourth-order valence-corrected chi connectivity index (χ4v) is 5.95. The van der Waals surface area contributed by atoms with Crippen LogP contribution in [0.25, 0.3) is 0 Å². The van der Waals surface area contributed by atoms with Gasteiger partial charge in [-0.15, -0.1) is 0 Å². The normalized spacial score (nSPS) is 16.6. The molecule has 2 N–H and O–H groups in total. The van der Waals surface area contributed by atoms with E-state index in [1.54, 1.807) is 30.0 Å². The third kappa shape index (κ3) is 8.47. The Kier molecular flexibility index (Phi) is 10.5. The van der Waals surface area contributed by atoms with Crippen LogP contribution in [0, 0.1) is 17.6 Å². The number of pyridine rings is 1. The zero-order chi connectivity index (χ0) is 32.0. The largest absolute Gasteiger partial charge is 0.492 e. The molecule has 0 spiro atoms. The molecule has 1 saturated heterocycles. The molecule has 0 radical (unpaired) electrons. The summed E-state index contributed by atoms with van der Waals surface area (Å²) in [5, 5.41) is 9.08. The molecule has 5 rings (SSSR count). The molecular weight excluding hydrogens is 608 g/mol. The van der Waals surface area contributed by atoms with Crippen molar-refractivity contribution in [3.8, 4) is 17.2 Å². The highest BCUT2D eigenvalue weighted by Crippen LogP contribution is 2.31. The van der Waals surface area contributed by atoms with Crippen LogP contribution in [0.3, 0.4) is 0 Å². The van der Waals surface area contributed by atoms with Crippen LogP contribution < -0.4 is 18.9 Å². The fraction of sp³-hybridized carbons (Fsp3) is 0.438. The van der Waals surface area contributed by atoms with Gasteiger partial charge in [0.15, 0.2) is 11.6 Å². The zero-order valence-electron chi connectivity index (χ0n) is 25.0. The van der Waals surface area contributed by atoms with Gasteiger partial charge in [-0.3, -0.25) is 9.78 Å². The number of nitrogens with one attached hydrogen (secondary N) is 1. The third-order valence-corrected chi connectivity index (χ3v) is 9.16. The summed E-state index contributed by atoms with van der Waals surface area (Å²) in [6.45, 7) is 4.72. The van der Waals surface area contributed by atoms with E-state index in [0.717, 1.165) is 50.9 Å². The number of likely N-dealkylation sites (tertiary alicyclic amines) is 1. The number of sulfonamides is 1. The van der Waals surface area contributed by atoms with E-state index in [1.165, 1.54) is 24.3 Å². The molecule has 13 heteroatoms. The Labute approximate surface area is 261 Å². The van der Waals surface area contributed by atoms with Gasteiger partial charge in [-0.2, -0.15) is 4.39 Å². The first-order valence-electron chi connectivity index (χ1n) is 15.1. The van der Waals surface area contributed by atoms with Crippen molar-refractivity contribution < 1.29 is 41.3 Å². The molecule has 1 aliphatic heterocycles. The molecule has 0 unspecified atom stereocenters. The van der Waals surface area contributed by atoms with Crippen molar-refractivity contribution in [2.45, 2.75) is 56.1 Å². The Morgan fingerprint density at radius 3 is 2.36 bits per heavy atom. The van der Waals surface area contributed by atoms with Crippen molar-refractivity contribution >= 4 is 15.9 Å². The summed E-state index contributed by atoms with van der Waals surface area (Å²) in [5.74, 6) is -3.08. The maximum absolute atomic E-state index is 15.0. The summed E-state index contributed by atoms with van der Waals surface area (Å²) >= 11 is 0. The smallest absolute Gasteiger partial charge is 0.268 e. The second kappa shape index (κ2) is 14.5.